The summed E-state index contributed by atoms with van der Waals surface area (Å²) in [5.41, 5.74) is 7.38. The van der Waals surface area contributed by atoms with E-state index in [0.29, 0.717) is 12.0 Å². The van der Waals surface area contributed by atoms with E-state index in [2.05, 4.69) is 61.6 Å². The summed E-state index contributed by atoms with van der Waals surface area (Å²) < 4.78 is 5.33. The average molecular weight is 332 g/mol. The molecule has 0 aromatic heterocycles. The van der Waals surface area contributed by atoms with E-state index in [1.54, 1.807) is 12.5 Å². The van der Waals surface area contributed by atoms with Gasteiger partial charge in [-0.2, -0.15) is 0 Å². The van der Waals surface area contributed by atoms with Crippen LogP contribution < -0.4 is 5.32 Å². The van der Waals surface area contributed by atoms with Crippen LogP contribution in [0.3, 0.4) is 0 Å². The summed E-state index contributed by atoms with van der Waals surface area (Å²) in [6.07, 6.45) is 8.11. The predicted molar refractivity (Wildman–Crippen MR) is 102 cm³/mol. The van der Waals surface area contributed by atoms with E-state index >= 15 is 0 Å². The summed E-state index contributed by atoms with van der Waals surface area (Å²) in [5.74, 6) is 0.553. The van der Waals surface area contributed by atoms with Crippen molar-refractivity contribution in [2.24, 2.45) is 0 Å². The number of rotatable bonds is 5. The predicted octanol–water partition coefficient (Wildman–Crippen LogP) is 5.41. The molecule has 25 heavy (non-hydrogen) atoms. The van der Waals surface area contributed by atoms with Gasteiger partial charge in [0.15, 0.2) is 0 Å². The quantitative estimate of drug-likeness (QED) is 0.679. The fourth-order valence-corrected chi connectivity index (χ4v) is 3.79. The van der Waals surface area contributed by atoms with E-state index < -0.39 is 0 Å². The highest BCUT2D eigenvalue weighted by molar-refractivity contribution is 5.80. The van der Waals surface area contributed by atoms with E-state index in [4.69, 9.17) is 9.40 Å². The number of fused-ring (bicyclic) bond motifs is 3. The normalized spacial score (nSPS) is 18.0. The zero-order valence-electron chi connectivity index (χ0n) is 14.8. The van der Waals surface area contributed by atoms with Crippen molar-refractivity contribution in [3.63, 3.8) is 0 Å². The van der Waals surface area contributed by atoms with Gasteiger partial charge in [-0.1, -0.05) is 43.3 Å². The lowest BCUT2D eigenvalue weighted by Gasteiger charge is -2.23. The Labute approximate surface area is 149 Å². The van der Waals surface area contributed by atoms with Crippen molar-refractivity contribution < 1.29 is 4.42 Å². The lowest BCUT2D eigenvalue weighted by Crippen LogP contribution is -2.22. The molecular weight excluding hydrogens is 308 g/mol. The molecule has 0 spiro atoms. The van der Waals surface area contributed by atoms with Crippen LogP contribution in [-0.2, 0) is 0 Å². The Hall–Kier alpha value is -2.39. The smallest absolute Gasteiger partial charge is 0.116 e. The van der Waals surface area contributed by atoms with Gasteiger partial charge in [0.25, 0.3) is 0 Å². The van der Waals surface area contributed by atoms with Crippen LogP contribution in [0, 0.1) is 0 Å². The van der Waals surface area contributed by atoms with Crippen LogP contribution in [0.5, 0.6) is 0 Å². The maximum Gasteiger partial charge on any atom is 0.116 e. The standard InChI is InChI=1S/C22H24N2O/c1-3-16-9-10-18(13-23-15(2)17-7-5-4-6-8-17)22-21(16)19-11-12-25-14-20(19)24-22/h4-8,10-12,14-16,23H,3,9,13H2,1-2H3/t15-,16?/m1/s1. The summed E-state index contributed by atoms with van der Waals surface area (Å²) in [5, 5.41) is 3.65. The third kappa shape index (κ3) is 3.00. The third-order valence-electron chi connectivity index (χ3n) is 5.30. The molecule has 1 unspecified atom stereocenters. The van der Waals surface area contributed by atoms with Crippen molar-refractivity contribution in [2.45, 2.75) is 38.6 Å². The maximum atomic E-state index is 5.33. The number of hydrogen-bond acceptors (Lipinski definition) is 3. The molecule has 128 valence electrons. The van der Waals surface area contributed by atoms with Gasteiger partial charge in [0.1, 0.15) is 12.0 Å². The summed E-state index contributed by atoms with van der Waals surface area (Å²) in [6.45, 7) is 5.30. The molecule has 0 fully saturated rings. The molecule has 2 heterocycles. The second-order valence-corrected chi connectivity index (χ2v) is 6.81. The van der Waals surface area contributed by atoms with Crippen molar-refractivity contribution in [1.29, 1.82) is 0 Å². The molecule has 2 atom stereocenters. The zero-order valence-corrected chi connectivity index (χ0v) is 14.8. The van der Waals surface area contributed by atoms with Gasteiger partial charge in [0.2, 0.25) is 0 Å². The monoisotopic (exact) mass is 332 g/mol. The fraction of sp³-hybridized carbons (Fsp3) is 0.318. The summed E-state index contributed by atoms with van der Waals surface area (Å²) in [7, 11) is 0. The van der Waals surface area contributed by atoms with E-state index in [-0.39, 0.29) is 0 Å². The van der Waals surface area contributed by atoms with Crippen molar-refractivity contribution in [3.05, 3.63) is 71.8 Å². The van der Waals surface area contributed by atoms with Gasteiger partial charge in [-0.15, -0.1) is 0 Å². The summed E-state index contributed by atoms with van der Waals surface area (Å²) in [6, 6.07) is 12.9. The highest BCUT2D eigenvalue weighted by Crippen LogP contribution is 2.43. The van der Waals surface area contributed by atoms with E-state index in [0.717, 1.165) is 30.8 Å². The topological polar surface area (TPSA) is 38.1 Å². The Morgan fingerprint density at radius 3 is 2.88 bits per heavy atom. The average Bonchev–Trinajstić information content (AvgIpc) is 3.06. The molecule has 3 nitrogen and oxygen atoms in total. The summed E-state index contributed by atoms with van der Waals surface area (Å²) in [4.78, 5) is 4.88. The lowest BCUT2D eigenvalue weighted by atomic mass is 9.83. The van der Waals surface area contributed by atoms with E-state index in [1.165, 1.54) is 22.3 Å². The molecule has 0 radical (unpaired) electrons. The van der Waals surface area contributed by atoms with Gasteiger partial charge in [0, 0.05) is 18.2 Å². The molecule has 1 aromatic rings. The molecule has 0 saturated carbocycles. The van der Waals surface area contributed by atoms with Crippen LogP contribution >= 0.6 is 0 Å². The van der Waals surface area contributed by atoms with Crippen molar-refractivity contribution >= 4 is 5.57 Å². The molecular formula is C22H24N2O. The van der Waals surface area contributed by atoms with E-state index in [1.807, 2.05) is 0 Å². The minimum absolute atomic E-state index is 0.314. The van der Waals surface area contributed by atoms with Gasteiger partial charge in [-0.3, -0.25) is 0 Å². The SMILES string of the molecule is CCC1CC=C(CN[C@H](C)c2ccccc2)c2nc3coccc-3c21. The Kier molecular flexibility index (Phi) is 4.41. The Morgan fingerprint density at radius 1 is 1.24 bits per heavy atom. The van der Waals surface area contributed by atoms with Crippen molar-refractivity contribution in [2.75, 3.05) is 6.54 Å². The van der Waals surface area contributed by atoms with Gasteiger partial charge in [0.05, 0.1) is 12.0 Å². The Balaban J connectivity index is 1.60. The van der Waals surface area contributed by atoms with Gasteiger partial charge in [-0.25, -0.2) is 4.98 Å². The second kappa shape index (κ2) is 6.85. The van der Waals surface area contributed by atoms with Gasteiger partial charge < -0.3 is 9.73 Å². The molecule has 1 N–H and O–H groups in total. The van der Waals surface area contributed by atoms with E-state index in [9.17, 15) is 0 Å². The fourth-order valence-electron chi connectivity index (χ4n) is 3.79. The first kappa shape index (κ1) is 16.1. The molecule has 0 amide bonds. The van der Waals surface area contributed by atoms with Crippen LogP contribution in [-0.4, -0.2) is 11.5 Å². The Bertz CT molecular complexity index is 850. The van der Waals surface area contributed by atoms with Gasteiger partial charge in [-0.05, 0) is 48.4 Å². The lowest BCUT2D eigenvalue weighted by molar-refractivity contribution is 0.550. The van der Waals surface area contributed by atoms with Crippen LogP contribution in [0.25, 0.3) is 16.8 Å². The highest BCUT2D eigenvalue weighted by atomic mass is 16.3. The molecule has 3 heteroatoms. The second-order valence-electron chi connectivity index (χ2n) is 6.81. The first-order valence-corrected chi connectivity index (χ1v) is 9.11. The zero-order chi connectivity index (χ0) is 17.2. The molecule has 1 aliphatic carbocycles. The first-order chi connectivity index (χ1) is 12.3. The minimum atomic E-state index is 0.314. The van der Waals surface area contributed by atoms with Gasteiger partial charge >= 0.3 is 0 Å². The molecule has 0 saturated heterocycles. The Morgan fingerprint density at radius 2 is 2.08 bits per heavy atom. The number of hydrogen-bond donors (Lipinski definition) is 1. The van der Waals surface area contributed by atoms with Crippen LogP contribution in [0.2, 0.25) is 0 Å². The van der Waals surface area contributed by atoms with Crippen molar-refractivity contribution in [3.8, 4) is 11.3 Å². The van der Waals surface area contributed by atoms with Crippen molar-refractivity contribution in [1.82, 2.24) is 10.3 Å². The number of allylic oxidation sites excluding steroid dienone is 1. The molecule has 2 aliphatic heterocycles. The highest BCUT2D eigenvalue weighted by Gasteiger charge is 2.28. The number of benzene rings is 1. The first-order valence-electron chi connectivity index (χ1n) is 9.11. The van der Waals surface area contributed by atoms with Crippen LogP contribution in [0.4, 0.5) is 0 Å². The largest absolute Gasteiger partial charge is 0.470 e. The summed E-state index contributed by atoms with van der Waals surface area (Å²) >= 11 is 0. The van der Waals surface area contributed by atoms with Crippen LogP contribution in [0.15, 0.2) is 59.4 Å². The third-order valence-corrected chi connectivity index (χ3v) is 5.30. The molecule has 4 rings (SSSR count). The minimum Gasteiger partial charge on any atom is -0.470 e. The molecule has 1 aromatic carbocycles. The number of nitrogens with one attached hydrogen (secondary N) is 1. The number of aromatic nitrogens is 1. The maximum absolute atomic E-state index is 5.33. The molecule has 3 aliphatic rings. The van der Waals surface area contributed by atoms with Crippen LogP contribution in [0.1, 0.15) is 55.5 Å². The molecule has 0 bridgehead atoms. The number of nitrogens with zero attached hydrogens (tertiary/aromatic N) is 1.